The van der Waals surface area contributed by atoms with Crippen molar-refractivity contribution in [3.05, 3.63) is 21.9 Å². The van der Waals surface area contributed by atoms with Crippen LogP contribution in [-0.2, 0) is 6.54 Å². The van der Waals surface area contributed by atoms with Gasteiger partial charge in [-0.1, -0.05) is 20.8 Å². The molecule has 0 unspecified atom stereocenters. The maximum absolute atomic E-state index is 3.59. The van der Waals surface area contributed by atoms with Crippen LogP contribution >= 0.6 is 11.3 Å². The summed E-state index contributed by atoms with van der Waals surface area (Å²) in [5, 5.41) is 5.77. The molecule has 0 atom stereocenters. The van der Waals surface area contributed by atoms with Gasteiger partial charge in [-0.15, -0.1) is 11.3 Å². The highest BCUT2D eigenvalue weighted by Gasteiger charge is 2.28. The fourth-order valence-electron chi connectivity index (χ4n) is 3.05. The van der Waals surface area contributed by atoms with Gasteiger partial charge in [0.05, 0.1) is 0 Å². The molecule has 0 aromatic carbocycles. The Balaban J connectivity index is 1.61. The first-order valence-electron chi connectivity index (χ1n) is 7.93. The second-order valence-corrected chi connectivity index (χ2v) is 8.19. The number of hydrogen-bond donors (Lipinski definition) is 1. The van der Waals surface area contributed by atoms with E-state index in [0.717, 1.165) is 19.0 Å². The molecule has 0 amide bonds. The molecule has 3 heteroatoms. The number of nitrogens with one attached hydrogen (secondary N) is 1. The van der Waals surface area contributed by atoms with Gasteiger partial charge in [0.2, 0.25) is 0 Å². The van der Waals surface area contributed by atoms with Crippen LogP contribution in [0.3, 0.4) is 0 Å². The lowest BCUT2D eigenvalue weighted by Crippen LogP contribution is -2.40. The van der Waals surface area contributed by atoms with Crippen LogP contribution in [0.15, 0.2) is 11.4 Å². The molecule has 0 radical (unpaired) electrons. The van der Waals surface area contributed by atoms with Crippen molar-refractivity contribution in [3.63, 3.8) is 0 Å². The quantitative estimate of drug-likeness (QED) is 0.829. The Morgan fingerprint density at radius 2 is 2.00 bits per heavy atom. The lowest BCUT2D eigenvalue weighted by molar-refractivity contribution is 0.113. The molecule has 1 N–H and O–H groups in total. The van der Waals surface area contributed by atoms with Crippen molar-refractivity contribution >= 4 is 11.3 Å². The number of likely N-dealkylation sites (tertiary alicyclic amines) is 1. The van der Waals surface area contributed by atoms with E-state index < -0.39 is 0 Å². The van der Waals surface area contributed by atoms with Crippen molar-refractivity contribution in [3.8, 4) is 0 Å². The number of nitrogens with zero attached hydrogens (tertiary/aromatic N) is 1. The molecule has 0 saturated carbocycles. The van der Waals surface area contributed by atoms with E-state index in [2.05, 4.69) is 49.4 Å². The largest absolute Gasteiger partial charge is 0.311 e. The van der Waals surface area contributed by atoms with E-state index in [1.807, 2.05) is 11.3 Å². The van der Waals surface area contributed by atoms with Gasteiger partial charge in [-0.2, -0.15) is 0 Å². The molecule has 20 heavy (non-hydrogen) atoms. The van der Waals surface area contributed by atoms with Crippen LogP contribution in [0.1, 0.15) is 44.1 Å². The summed E-state index contributed by atoms with van der Waals surface area (Å²) in [6, 6.07) is 2.21. The second-order valence-electron chi connectivity index (χ2n) is 7.19. The Bertz CT molecular complexity index is 397. The van der Waals surface area contributed by atoms with E-state index in [1.165, 1.54) is 42.9 Å². The number of aryl methyl sites for hydroxylation is 1. The molecule has 114 valence electrons. The zero-order valence-corrected chi connectivity index (χ0v) is 14.4. The SMILES string of the molecule is Cc1ccsc1CNCCN1CCC(C(C)(C)C)CC1. The maximum atomic E-state index is 3.59. The third-order valence-corrected chi connectivity index (χ3v) is 5.69. The van der Waals surface area contributed by atoms with Gasteiger partial charge in [-0.3, -0.25) is 0 Å². The van der Waals surface area contributed by atoms with E-state index in [1.54, 1.807) is 0 Å². The van der Waals surface area contributed by atoms with Crippen molar-refractivity contribution in [2.45, 2.75) is 47.1 Å². The number of hydrogen-bond acceptors (Lipinski definition) is 3. The van der Waals surface area contributed by atoms with Crippen LogP contribution in [0.25, 0.3) is 0 Å². The number of rotatable bonds is 5. The van der Waals surface area contributed by atoms with Gasteiger partial charge < -0.3 is 10.2 Å². The highest BCUT2D eigenvalue weighted by molar-refractivity contribution is 7.10. The lowest BCUT2D eigenvalue weighted by Gasteiger charge is -2.38. The fourth-order valence-corrected chi connectivity index (χ4v) is 3.92. The highest BCUT2D eigenvalue weighted by atomic mass is 32.1. The molecule has 2 rings (SSSR count). The molecule has 1 aromatic rings. The van der Waals surface area contributed by atoms with Crippen molar-refractivity contribution in [1.29, 1.82) is 0 Å². The Hall–Kier alpha value is -0.380. The highest BCUT2D eigenvalue weighted by Crippen LogP contribution is 2.34. The van der Waals surface area contributed by atoms with Crippen LogP contribution < -0.4 is 5.32 Å². The predicted molar refractivity (Wildman–Crippen MR) is 89.4 cm³/mol. The minimum atomic E-state index is 0.487. The summed E-state index contributed by atoms with van der Waals surface area (Å²) in [6.45, 7) is 15.3. The minimum absolute atomic E-state index is 0.487. The van der Waals surface area contributed by atoms with Crippen molar-refractivity contribution < 1.29 is 0 Å². The van der Waals surface area contributed by atoms with Crippen LogP contribution in [-0.4, -0.2) is 31.1 Å². The monoisotopic (exact) mass is 294 g/mol. The Labute approximate surface area is 128 Å². The molecule has 0 spiro atoms. The summed E-state index contributed by atoms with van der Waals surface area (Å²) >= 11 is 1.86. The summed E-state index contributed by atoms with van der Waals surface area (Å²) in [5.41, 5.74) is 1.91. The van der Waals surface area contributed by atoms with Gasteiger partial charge in [0.1, 0.15) is 0 Å². The first-order chi connectivity index (χ1) is 9.47. The molecule has 0 aliphatic carbocycles. The molecule has 1 saturated heterocycles. The van der Waals surface area contributed by atoms with Crippen molar-refractivity contribution in [2.75, 3.05) is 26.2 Å². The van der Waals surface area contributed by atoms with E-state index in [9.17, 15) is 0 Å². The van der Waals surface area contributed by atoms with Gasteiger partial charge >= 0.3 is 0 Å². The van der Waals surface area contributed by atoms with Gasteiger partial charge in [0.25, 0.3) is 0 Å². The molecule has 1 aliphatic rings. The molecule has 1 aliphatic heterocycles. The lowest BCUT2D eigenvalue weighted by atomic mass is 9.75. The average molecular weight is 295 g/mol. The first-order valence-corrected chi connectivity index (χ1v) is 8.81. The van der Waals surface area contributed by atoms with Crippen molar-refractivity contribution in [1.82, 2.24) is 10.2 Å². The second kappa shape index (κ2) is 7.06. The van der Waals surface area contributed by atoms with Gasteiger partial charge in [0.15, 0.2) is 0 Å². The summed E-state index contributed by atoms with van der Waals surface area (Å²) in [4.78, 5) is 4.10. The zero-order valence-electron chi connectivity index (χ0n) is 13.5. The third-order valence-electron chi connectivity index (χ3n) is 4.67. The molecular formula is C17H30N2S. The first kappa shape index (κ1) is 16.0. The molecule has 2 heterocycles. The van der Waals surface area contributed by atoms with Crippen molar-refractivity contribution in [2.24, 2.45) is 11.3 Å². The summed E-state index contributed by atoms with van der Waals surface area (Å²) in [7, 11) is 0. The van der Waals surface area contributed by atoms with Crippen LogP contribution in [0, 0.1) is 18.3 Å². The van der Waals surface area contributed by atoms with Gasteiger partial charge in [0, 0.05) is 24.5 Å². The topological polar surface area (TPSA) is 15.3 Å². The Kier molecular flexibility index (Phi) is 5.65. The van der Waals surface area contributed by atoms with Gasteiger partial charge in [-0.05, 0) is 61.2 Å². The Morgan fingerprint density at radius 1 is 1.30 bits per heavy atom. The Morgan fingerprint density at radius 3 is 2.55 bits per heavy atom. The average Bonchev–Trinajstić information content (AvgIpc) is 2.80. The number of piperidine rings is 1. The summed E-state index contributed by atoms with van der Waals surface area (Å²) in [5.74, 6) is 0.903. The predicted octanol–water partition coefficient (Wildman–Crippen LogP) is 3.90. The summed E-state index contributed by atoms with van der Waals surface area (Å²) in [6.07, 6.45) is 2.74. The fraction of sp³-hybridized carbons (Fsp3) is 0.765. The van der Waals surface area contributed by atoms with E-state index >= 15 is 0 Å². The minimum Gasteiger partial charge on any atom is -0.311 e. The molecule has 1 aromatic heterocycles. The zero-order chi connectivity index (χ0) is 14.6. The maximum Gasteiger partial charge on any atom is 0.0302 e. The number of thiophene rings is 1. The van der Waals surface area contributed by atoms with E-state index in [4.69, 9.17) is 0 Å². The molecule has 0 bridgehead atoms. The molecule has 1 fully saturated rings. The molecule has 2 nitrogen and oxygen atoms in total. The van der Waals surface area contributed by atoms with Crippen LogP contribution in [0.4, 0.5) is 0 Å². The van der Waals surface area contributed by atoms with Crippen LogP contribution in [0.5, 0.6) is 0 Å². The smallest absolute Gasteiger partial charge is 0.0302 e. The normalized spacial score (nSPS) is 18.6. The van der Waals surface area contributed by atoms with E-state index in [0.29, 0.717) is 5.41 Å². The third kappa shape index (κ3) is 4.57. The van der Waals surface area contributed by atoms with E-state index in [-0.39, 0.29) is 0 Å². The standard InChI is InChI=1S/C17H30N2S/c1-14-7-12-20-16(14)13-18-8-11-19-9-5-15(6-10-19)17(2,3)4/h7,12,15,18H,5-6,8-11,13H2,1-4H3. The summed E-state index contributed by atoms with van der Waals surface area (Å²) < 4.78 is 0. The van der Waals surface area contributed by atoms with Gasteiger partial charge in [-0.25, -0.2) is 0 Å². The molecular weight excluding hydrogens is 264 g/mol. The van der Waals surface area contributed by atoms with Crippen LogP contribution in [0.2, 0.25) is 0 Å².